The first-order valence-corrected chi connectivity index (χ1v) is 4.58. The summed E-state index contributed by atoms with van der Waals surface area (Å²) in [4.78, 5) is 22.1. The van der Waals surface area contributed by atoms with Gasteiger partial charge in [-0.1, -0.05) is 13.8 Å². The Balaban J connectivity index is 2.95. The van der Waals surface area contributed by atoms with Crippen LogP contribution in [0.5, 0.6) is 0 Å². The van der Waals surface area contributed by atoms with Crippen LogP contribution < -0.4 is 0 Å². The van der Waals surface area contributed by atoms with Crippen molar-refractivity contribution in [1.29, 1.82) is 0 Å². The summed E-state index contributed by atoms with van der Waals surface area (Å²) in [6.07, 6.45) is 1.49. The number of carboxylic acid groups (broad SMARTS) is 1. The van der Waals surface area contributed by atoms with Gasteiger partial charge in [-0.25, -0.2) is 4.79 Å². The zero-order chi connectivity index (χ0) is 10.9. The van der Waals surface area contributed by atoms with Gasteiger partial charge in [0.1, 0.15) is 5.60 Å². The van der Waals surface area contributed by atoms with Crippen molar-refractivity contribution in [2.24, 2.45) is 5.92 Å². The number of hydrogen-bond acceptors (Lipinski definition) is 3. The van der Waals surface area contributed by atoms with E-state index in [4.69, 9.17) is 5.11 Å². The maximum Gasteiger partial charge on any atom is 0.331 e. The average Bonchev–Trinajstić information content (AvgIpc) is 2.09. The summed E-state index contributed by atoms with van der Waals surface area (Å²) in [5.74, 6) is -1.76. The lowest BCUT2D eigenvalue weighted by molar-refractivity contribution is -0.141. The van der Waals surface area contributed by atoms with Crippen molar-refractivity contribution >= 4 is 11.8 Å². The molecule has 0 aliphatic heterocycles. The minimum atomic E-state index is -1.38. The summed E-state index contributed by atoms with van der Waals surface area (Å²) < 4.78 is 0. The fraction of sp³-hybridized carbons (Fsp3) is 0.600. The molecule has 1 unspecified atom stereocenters. The number of rotatable bonds is 2. The minimum absolute atomic E-state index is 0.0836. The Morgan fingerprint density at radius 1 is 1.57 bits per heavy atom. The van der Waals surface area contributed by atoms with Crippen LogP contribution in [0, 0.1) is 5.92 Å². The van der Waals surface area contributed by atoms with Crippen LogP contribution in [0.1, 0.15) is 26.7 Å². The molecular formula is C10H14O4. The second-order valence-electron chi connectivity index (χ2n) is 3.92. The molecule has 0 spiro atoms. The molecule has 1 atom stereocenters. The van der Waals surface area contributed by atoms with E-state index in [1.165, 1.54) is 0 Å². The average molecular weight is 198 g/mol. The van der Waals surface area contributed by atoms with E-state index >= 15 is 0 Å². The van der Waals surface area contributed by atoms with Crippen molar-refractivity contribution in [3.05, 3.63) is 11.6 Å². The Morgan fingerprint density at radius 2 is 2.14 bits per heavy atom. The Hall–Kier alpha value is -1.16. The van der Waals surface area contributed by atoms with Crippen LogP contribution in [0.15, 0.2) is 11.6 Å². The molecule has 0 heterocycles. The largest absolute Gasteiger partial charge is 0.478 e. The van der Waals surface area contributed by atoms with Crippen molar-refractivity contribution in [3.63, 3.8) is 0 Å². The SMILES string of the molecule is CC(C)C1(O)CCC(C(=O)O)=CC1=O. The molecule has 0 aromatic carbocycles. The highest BCUT2D eigenvalue weighted by atomic mass is 16.4. The van der Waals surface area contributed by atoms with E-state index in [1.54, 1.807) is 13.8 Å². The van der Waals surface area contributed by atoms with Crippen LogP contribution in [-0.2, 0) is 9.59 Å². The van der Waals surface area contributed by atoms with Gasteiger partial charge in [-0.2, -0.15) is 0 Å². The summed E-state index contributed by atoms with van der Waals surface area (Å²) in [5.41, 5.74) is -1.29. The topological polar surface area (TPSA) is 74.6 Å². The van der Waals surface area contributed by atoms with E-state index in [0.29, 0.717) is 0 Å². The number of ketones is 1. The van der Waals surface area contributed by atoms with Gasteiger partial charge in [0, 0.05) is 5.57 Å². The number of carbonyl (C=O) groups is 2. The van der Waals surface area contributed by atoms with Crippen LogP contribution >= 0.6 is 0 Å². The molecule has 1 rings (SSSR count). The third-order valence-electron chi connectivity index (χ3n) is 2.74. The van der Waals surface area contributed by atoms with Crippen molar-refractivity contribution < 1.29 is 19.8 Å². The summed E-state index contributed by atoms with van der Waals surface area (Å²) in [7, 11) is 0. The second kappa shape index (κ2) is 3.53. The fourth-order valence-corrected chi connectivity index (χ4v) is 1.55. The molecule has 14 heavy (non-hydrogen) atoms. The molecule has 0 bridgehead atoms. The molecule has 0 amide bonds. The number of carboxylic acids is 1. The third-order valence-corrected chi connectivity index (χ3v) is 2.74. The first kappa shape index (κ1) is 10.9. The van der Waals surface area contributed by atoms with Gasteiger partial charge in [-0.3, -0.25) is 4.79 Å². The van der Waals surface area contributed by atoms with Gasteiger partial charge in [-0.05, 0) is 24.8 Å². The first-order chi connectivity index (χ1) is 6.38. The lowest BCUT2D eigenvalue weighted by atomic mass is 9.77. The number of aliphatic carboxylic acids is 1. The highest BCUT2D eigenvalue weighted by molar-refractivity contribution is 6.04. The monoisotopic (exact) mass is 198 g/mol. The van der Waals surface area contributed by atoms with Crippen LogP contribution in [0.3, 0.4) is 0 Å². The Morgan fingerprint density at radius 3 is 2.50 bits per heavy atom. The summed E-state index contributed by atoms with van der Waals surface area (Å²) in [5, 5.41) is 18.6. The van der Waals surface area contributed by atoms with E-state index in [-0.39, 0.29) is 24.3 Å². The minimum Gasteiger partial charge on any atom is -0.478 e. The number of hydrogen-bond donors (Lipinski definition) is 2. The van der Waals surface area contributed by atoms with Crippen molar-refractivity contribution in [2.75, 3.05) is 0 Å². The molecule has 0 fully saturated rings. The van der Waals surface area contributed by atoms with Crippen molar-refractivity contribution in [2.45, 2.75) is 32.3 Å². The number of aliphatic hydroxyl groups is 1. The molecule has 1 aliphatic rings. The van der Waals surface area contributed by atoms with E-state index < -0.39 is 17.4 Å². The molecule has 0 radical (unpaired) electrons. The smallest absolute Gasteiger partial charge is 0.331 e. The zero-order valence-electron chi connectivity index (χ0n) is 8.28. The summed E-state index contributed by atoms with van der Waals surface area (Å²) in [6, 6.07) is 0. The number of carbonyl (C=O) groups excluding carboxylic acids is 1. The summed E-state index contributed by atoms with van der Waals surface area (Å²) in [6.45, 7) is 3.50. The molecule has 4 nitrogen and oxygen atoms in total. The van der Waals surface area contributed by atoms with Crippen LogP contribution in [-0.4, -0.2) is 27.6 Å². The first-order valence-electron chi connectivity index (χ1n) is 4.58. The highest BCUT2D eigenvalue weighted by Crippen LogP contribution is 2.30. The van der Waals surface area contributed by atoms with Gasteiger partial charge in [0.15, 0.2) is 5.78 Å². The van der Waals surface area contributed by atoms with Crippen molar-refractivity contribution in [1.82, 2.24) is 0 Å². The van der Waals surface area contributed by atoms with Gasteiger partial charge in [0.25, 0.3) is 0 Å². The molecule has 0 aromatic rings. The van der Waals surface area contributed by atoms with Gasteiger partial charge < -0.3 is 10.2 Å². The molecule has 0 aromatic heterocycles. The Bertz CT molecular complexity index is 303. The van der Waals surface area contributed by atoms with E-state index in [2.05, 4.69) is 0 Å². The standard InChI is InChI=1S/C10H14O4/c1-6(2)10(14)4-3-7(9(12)13)5-8(10)11/h5-6,14H,3-4H2,1-2H3,(H,12,13). The Kier molecular flexibility index (Phi) is 2.76. The Labute approximate surface area is 82.2 Å². The third kappa shape index (κ3) is 1.70. The van der Waals surface area contributed by atoms with Crippen LogP contribution in [0.2, 0.25) is 0 Å². The molecule has 0 saturated heterocycles. The maximum atomic E-state index is 11.5. The van der Waals surface area contributed by atoms with Gasteiger partial charge in [-0.15, -0.1) is 0 Å². The molecule has 4 heteroatoms. The molecular weight excluding hydrogens is 184 g/mol. The lowest BCUT2D eigenvalue weighted by Gasteiger charge is -2.32. The second-order valence-corrected chi connectivity index (χ2v) is 3.92. The fourth-order valence-electron chi connectivity index (χ4n) is 1.55. The zero-order valence-corrected chi connectivity index (χ0v) is 8.28. The van der Waals surface area contributed by atoms with Gasteiger partial charge in [0.2, 0.25) is 0 Å². The molecule has 78 valence electrons. The van der Waals surface area contributed by atoms with Crippen LogP contribution in [0.25, 0.3) is 0 Å². The van der Waals surface area contributed by atoms with E-state index in [1.807, 2.05) is 0 Å². The summed E-state index contributed by atoms with van der Waals surface area (Å²) >= 11 is 0. The molecule has 1 aliphatic carbocycles. The predicted octanol–water partition coefficient (Wildman–Crippen LogP) is 0.747. The van der Waals surface area contributed by atoms with E-state index in [0.717, 1.165) is 6.08 Å². The normalized spacial score (nSPS) is 27.7. The maximum absolute atomic E-state index is 11.5. The van der Waals surface area contributed by atoms with E-state index in [9.17, 15) is 14.7 Å². The van der Waals surface area contributed by atoms with Crippen LogP contribution in [0.4, 0.5) is 0 Å². The highest BCUT2D eigenvalue weighted by Gasteiger charge is 2.41. The molecule has 0 saturated carbocycles. The van der Waals surface area contributed by atoms with Gasteiger partial charge in [0.05, 0.1) is 0 Å². The predicted molar refractivity (Wildman–Crippen MR) is 49.7 cm³/mol. The quantitative estimate of drug-likeness (QED) is 0.686. The lowest BCUT2D eigenvalue weighted by Crippen LogP contribution is -2.45. The van der Waals surface area contributed by atoms with Gasteiger partial charge >= 0.3 is 5.97 Å². The van der Waals surface area contributed by atoms with Crippen molar-refractivity contribution in [3.8, 4) is 0 Å². The molecule has 2 N–H and O–H groups in total.